The van der Waals surface area contributed by atoms with Gasteiger partial charge in [0.15, 0.2) is 0 Å². The molecule has 2 heterocycles. The average Bonchev–Trinajstić information content (AvgIpc) is 2.72. The van der Waals surface area contributed by atoms with E-state index in [1.165, 1.54) is 0 Å². The van der Waals surface area contributed by atoms with Gasteiger partial charge in [-0.1, -0.05) is 11.6 Å². The lowest BCUT2D eigenvalue weighted by atomic mass is 10.2. The number of halogens is 1. The van der Waals surface area contributed by atoms with Crippen LogP contribution in [0.2, 0.25) is 5.02 Å². The molecule has 0 bridgehead atoms. The van der Waals surface area contributed by atoms with Crippen LogP contribution in [-0.4, -0.2) is 41.5 Å². The van der Waals surface area contributed by atoms with Gasteiger partial charge < -0.3 is 15.0 Å². The minimum atomic E-state index is -0.0627. The van der Waals surface area contributed by atoms with E-state index in [0.29, 0.717) is 28.7 Å². The molecule has 0 aliphatic carbocycles. The lowest BCUT2D eigenvalue weighted by Gasteiger charge is -2.17. The minimum Gasteiger partial charge on any atom is -0.495 e. The Morgan fingerprint density at radius 2 is 1.93 bits per heavy atom. The highest BCUT2D eigenvalue weighted by Gasteiger charge is 2.13. The van der Waals surface area contributed by atoms with Crippen molar-refractivity contribution < 1.29 is 9.53 Å². The molecule has 0 radical (unpaired) electrons. The summed E-state index contributed by atoms with van der Waals surface area (Å²) in [5, 5.41) is 3.66. The zero-order valence-corrected chi connectivity index (χ0v) is 16.5. The Morgan fingerprint density at radius 3 is 2.64 bits per heavy atom. The van der Waals surface area contributed by atoms with Crippen molar-refractivity contribution in [3.63, 3.8) is 0 Å². The maximum Gasteiger partial charge on any atom is 0.253 e. The highest BCUT2D eigenvalue weighted by molar-refractivity contribution is 6.32. The number of ether oxygens (including phenoxy) is 1. The molecule has 0 aliphatic rings. The number of likely N-dealkylation sites (N-methyl/N-ethyl adjacent to an activating group) is 1. The molecule has 7 heteroatoms. The van der Waals surface area contributed by atoms with Gasteiger partial charge in [0.25, 0.3) is 5.91 Å². The van der Waals surface area contributed by atoms with E-state index >= 15 is 0 Å². The summed E-state index contributed by atoms with van der Waals surface area (Å²) in [7, 11) is 3.36. The van der Waals surface area contributed by atoms with Gasteiger partial charge in [-0.15, -0.1) is 0 Å². The first-order chi connectivity index (χ1) is 13.6. The number of hydrogen-bond acceptors (Lipinski definition) is 5. The number of nitrogens with zero attached hydrogens (tertiary/aromatic N) is 3. The van der Waals surface area contributed by atoms with Crippen LogP contribution in [0.5, 0.6) is 5.75 Å². The monoisotopic (exact) mass is 396 g/mol. The highest BCUT2D eigenvalue weighted by atomic mass is 35.5. The van der Waals surface area contributed by atoms with Crippen molar-refractivity contribution >= 4 is 29.0 Å². The smallest absolute Gasteiger partial charge is 0.253 e. The number of aromatic nitrogens is 2. The van der Waals surface area contributed by atoms with Gasteiger partial charge in [0, 0.05) is 43.4 Å². The molecule has 0 saturated heterocycles. The Labute approximate surface area is 169 Å². The number of carbonyl (C=O) groups excluding carboxylic acids is 1. The van der Waals surface area contributed by atoms with Gasteiger partial charge >= 0.3 is 0 Å². The Kier molecular flexibility index (Phi) is 6.45. The molecule has 2 aromatic heterocycles. The fourth-order valence-electron chi connectivity index (χ4n) is 2.69. The average molecular weight is 397 g/mol. The molecular formula is C21H21ClN4O2. The van der Waals surface area contributed by atoms with Gasteiger partial charge in [-0.2, -0.15) is 0 Å². The molecule has 0 fully saturated rings. The van der Waals surface area contributed by atoms with Gasteiger partial charge in [-0.25, -0.2) is 4.98 Å². The van der Waals surface area contributed by atoms with E-state index in [0.717, 1.165) is 17.7 Å². The molecule has 6 nitrogen and oxygen atoms in total. The van der Waals surface area contributed by atoms with E-state index in [1.807, 2.05) is 18.2 Å². The number of rotatable bonds is 7. The van der Waals surface area contributed by atoms with Crippen molar-refractivity contribution in [3.8, 4) is 5.75 Å². The van der Waals surface area contributed by atoms with E-state index in [-0.39, 0.29) is 5.91 Å². The molecule has 0 unspecified atom stereocenters. The Balaban J connectivity index is 1.66. The molecule has 1 N–H and O–H groups in total. The summed E-state index contributed by atoms with van der Waals surface area (Å²) in [6, 6.07) is 12.7. The number of pyridine rings is 2. The summed E-state index contributed by atoms with van der Waals surface area (Å²) in [5.41, 5.74) is 2.46. The third kappa shape index (κ3) is 4.98. The molecule has 3 aromatic rings. The predicted molar refractivity (Wildman–Crippen MR) is 110 cm³/mol. The normalized spacial score (nSPS) is 10.4. The number of carbonyl (C=O) groups is 1. The quantitative estimate of drug-likeness (QED) is 0.648. The summed E-state index contributed by atoms with van der Waals surface area (Å²) in [4.78, 5) is 22.7. The number of nitrogens with one attached hydrogen (secondary N) is 1. The Morgan fingerprint density at radius 1 is 1.14 bits per heavy atom. The summed E-state index contributed by atoms with van der Waals surface area (Å²) in [5.74, 6) is 1.10. The number of anilines is 2. The fraction of sp³-hybridized carbons (Fsp3) is 0.190. The van der Waals surface area contributed by atoms with E-state index in [1.54, 1.807) is 61.9 Å². The van der Waals surface area contributed by atoms with Crippen LogP contribution in [0, 0.1) is 0 Å². The van der Waals surface area contributed by atoms with Crippen LogP contribution in [0.1, 0.15) is 15.9 Å². The van der Waals surface area contributed by atoms with Crippen molar-refractivity contribution in [2.24, 2.45) is 0 Å². The fourth-order valence-corrected chi connectivity index (χ4v) is 2.95. The molecule has 1 amide bonds. The minimum absolute atomic E-state index is 0.0627. The standard InChI is InChI=1S/C21H21ClN4O2/c1-26(12-8-15-5-9-23-10-6-15)21(27)16-7-11-24-20(13-16)25-17-3-4-19(28-2)18(22)14-17/h3-7,9-11,13-14H,8,12H2,1-2H3,(H,24,25). The van der Waals surface area contributed by atoms with Gasteiger partial charge in [0.2, 0.25) is 0 Å². The van der Waals surface area contributed by atoms with Crippen molar-refractivity contribution in [3.05, 3.63) is 77.2 Å². The summed E-state index contributed by atoms with van der Waals surface area (Å²) in [6.07, 6.45) is 5.88. The van der Waals surface area contributed by atoms with E-state index < -0.39 is 0 Å². The zero-order chi connectivity index (χ0) is 19.9. The van der Waals surface area contributed by atoms with Gasteiger partial charge in [0.05, 0.1) is 12.1 Å². The molecule has 0 saturated carbocycles. The first kappa shape index (κ1) is 19.6. The van der Waals surface area contributed by atoms with Crippen molar-refractivity contribution in [2.75, 3.05) is 26.0 Å². The summed E-state index contributed by atoms with van der Waals surface area (Å²) >= 11 is 6.15. The van der Waals surface area contributed by atoms with Crippen LogP contribution in [0.4, 0.5) is 11.5 Å². The maximum absolute atomic E-state index is 12.7. The molecule has 3 rings (SSSR count). The largest absolute Gasteiger partial charge is 0.495 e. The molecule has 28 heavy (non-hydrogen) atoms. The summed E-state index contributed by atoms with van der Waals surface area (Å²) in [6.45, 7) is 0.613. The van der Waals surface area contributed by atoms with Crippen LogP contribution in [-0.2, 0) is 6.42 Å². The van der Waals surface area contributed by atoms with Crippen LogP contribution in [0.3, 0.4) is 0 Å². The first-order valence-electron chi connectivity index (χ1n) is 8.78. The van der Waals surface area contributed by atoms with Gasteiger partial charge in [-0.3, -0.25) is 9.78 Å². The van der Waals surface area contributed by atoms with Crippen LogP contribution >= 0.6 is 11.6 Å². The SMILES string of the molecule is COc1ccc(Nc2cc(C(=O)N(C)CCc3ccncc3)ccn2)cc1Cl. The number of methoxy groups -OCH3 is 1. The first-order valence-corrected chi connectivity index (χ1v) is 9.15. The third-order valence-corrected chi connectivity index (χ3v) is 4.56. The molecular weight excluding hydrogens is 376 g/mol. The Hall–Kier alpha value is -3.12. The van der Waals surface area contributed by atoms with Gasteiger partial charge in [-0.05, 0) is 54.4 Å². The topological polar surface area (TPSA) is 67.3 Å². The zero-order valence-electron chi connectivity index (χ0n) is 15.7. The van der Waals surface area contributed by atoms with Crippen LogP contribution in [0.15, 0.2) is 61.1 Å². The van der Waals surface area contributed by atoms with Crippen LogP contribution in [0.25, 0.3) is 0 Å². The molecule has 0 aliphatic heterocycles. The van der Waals surface area contributed by atoms with E-state index in [2.05, 4.69) is 15.3 Å². The predicted octanol–water partition coefficient (Wildman–Crippen LogP) is 4.20. The second-order valence-electron chi connectivity index (χ2n) is 6.24. The third-order valence-electron chi connectivity index (χ3n) is 4.26. The van der Waals surface area contributed by atoms with E-state index in [4.69, 9.17) is 16.3 Å². The van der Waals surface area contributed by atoms with Gasteiger partial charge in [0.1, 0.15) is 11.6 Å². The lowest BCUT2D eigenvalue weighted by molar-refractivity contribution is 0.0796. The molecule has 144 valence electrons. The second kappa shape index (κ2) is 9.19. The Bertz CT molecular complexity index is 950. The van der Waals surface area contributed by atoms with Crippen LogP contribution < -0.4 is 10.1 Å². The number of benzene rings is 1. The lowest BCUT2D eigenvalue weighted by Crippen LogP contribution is -2.28. The van der Waals surface area contributed by atoms with Crippen molar-refractivity contribution in [1.82, 2.24) is 14.9 Å². The van der Waals surface area contributed by atoms with Crippen molar-refractivity contribution in [2.45, 2.75) is 6.42 Å². The molecule has 0 spiro atoms. The maximum atomic E-state index is 12.7. The second-order valence-corrected chi connectivity index (χ2v) is 6.64. The van der Waals surface area contributed by atoms with Crippen molar-refractivity contribution in [1.29, 1.82) is 0 Å². The molecule has 0 atom stereocenters. The number of hydrogen-bond donors (Lipinski definition) is 1. The highest BCUT2D eigenvalue weighted by Crippen LogP contribution is 2.28. The number of amides is 1. The van der Waals surface area contributed by atoms with E-state index in [9.17, 15) is 4.79 Å². The summed E-state index contributed by atoms with van der Waals surface area (Å²) < 4.78 is 5.15. The molecule has 1 aromatic carbocycles.